The summed E-state index contributed by atoms with van der Waals surface area (Å²) in [6.07, 6.45) is 5.12. The van der Waals surface area contributed by atoms with E-state index in [1.807, 2.05) is 23.1 Å². The number of likely N-dealkylation sites (tertiary alicyclic amines) is 1. The van der Waals surface area contributed by atoms with Crippen molar-refractivity contribution in [3.8, 4) is 0 Å². The van der Waals surface area contributed by atoms with E-state index in [1.165, 1.54) is 11.3 Å². The van der Waals surface area contributed by atoms with Crippen molar-refractivity contribution in [2.45, 2.75) is 18.8 Å². The number of hydrogen-bond donors (Lipinski definition) is 1. The summed E-state index contributed by atoms with van der Waals surface area (Å²) in [5, 5.41) is 0.962. The van der Waals surface area contributed by atoms with E-state index in [2.05, 4.69) is 9.97 Å². The molecule has 4 heterocycles. The Balaban J connectivity index is 1.68. The molecule has 1 aliphatic rings. The topological polar surface area (TPSA) is 89.2 Å². The van der Waals surface area contributed by atoms with Gasteiger partial charge in [-0.05, 0) is 36.6 Å². The third kappa shape index (κ3) is 2.94. The van der Waals surface area contributed by atoms with Crippen molar-refractivity contribution >= 4 is 33.4 Å². The van der Waals surface area contributed by atoms with Crippen LogP contribution in [0.15, 0.2) is 42.7 Å². The quantitative estimate of drug-likeness (QED) is 0.772. The van der Waals surface area contributed by atoms with E-state index in [4.69, 9.17) is 5.73 Å². The van der Waals surface area contributed by atoms with Crippen molar-refractivity contribution in [3.05, 3.63) is 58.9 Å². The zero-order valence-corrected chi connectivity index (χ0v) is 14.9. The van der Waals surface area contributed by atoms with Crippen molar-refractivity contribution in [2.24, 2.45) is 5.73 Å². The van der Waals surface area contributed by atoms with E-state index < -0.39 is 5.91 Å². The lowest BCUT2D eigenvalue weighted by atomic mass is 9.88. The van der Waals surface area contributed by atoms with Gasteiger partial charge in [0.1, 0.15) is 10.5 Å². The third-order valence-corrected chi connectivity index (χ3v) is 5.87. The Labute approximate surface area is 154 Å². The van der Waals surface area contributed by atoms with Crippen LogP contribution in [-0.4, -0.2) is 39.8 Å². The number of nitrogens with zero attached hydrogens (tertiary/aromatic N) is 3. The van der Waals surface area contributed by atoms with E-state index in [0.29, 0.717) is 23.7 Å². The van der Waals surface area contributed by atoms with Crippen LogP contribution in [0.5, 0.6) is 0 Å². The monoisotopic (exact) mass is 366 g/mol. The molecule has 1 aliphatic heterocycles. The maximum absolute atomic E-state index is 12.8. The Bertz CT molecular complexity index is 970. The van der Waals surface area contributed by atoms with Crippen LogP contribution in [0.4, 0.5) is 0 Å². The normalized spacial score (nSPS) is 17.4. The Kier molecular flexibility index (Phi) is 4.38. The summed E-state index contributed by atoms with van der Waals surface area (Å²) in [4.78, 5) is 36.5. The molecule has 132 valence electrons. The summed E-state index contributed by atoms with van der Waals surface area (Å²) in [5.74, 6) is -0.443. The second-order valence-corrected chi connectivity index (χ2v) is 7.37. The highest BCUT2D eigenvalue weighted by Crippen LogP contribution is 2.39. The average molecular weight is 366 g/mol. The smallest absolute Gasteiger partial charge is 0.272 e. The Morgan fingerprint density at radius 3 is 2.77 bits per heavy atom. The number of piperidine rings is 1. The number of primary amides is 1. The Hall–Kier alpha value is -2.80. The molecular weight excluding hydrogens is 348 g/mol. The highest BCUT2D eigenvalue weighted by Gasteiger charge is 2.30. The SMILES string of the molecule is NC(=O)c1sc2ncccc2c1C1CCCN(C(=O)c2ccccn2)C1. The maximum atomic E-state index is 12.8. The zero-order chi connectivity index (χ0) is 18.1. The minimum atomic E-state index is -0.434. The lowest BCUT2D eigenvalue weighted by Crippen LogP contribution is -2.39. The minimum absolute atomic E-state index is 0.0665. The van der Waals surface area contributed by atoms with Gasteiger partial charge in [-0.25, -0.2) is 4.98 Å². The van der Waals surface area contributed by atoms with Crippen molar-refractivity contribution < 1.29 is 9.59 Å². The molecule has 0 bridgehead atoms. The number of carbonyl (C=O) groups is 2. The van der Waals surface area contributed by atoms with Crippen LogP contribution in [0.25, 0.3) is 10.2 Å². The molecule has 7 heteroatoms. The molecular formula is C19H18N4O2S. The van der Waals surface area contributed by atoms with Gasteiger partial charge in [-0.15, -0.1) is 11.3 Å². The summed E-state index contributed by atoms with van der Waals surface area (Å²) >= 11 is 1.33. The van der Waals surface area contributed by atoms with Gasteiger partial charge in [0, 0.05) is 36.8 Å². The fourth-order valence-electron chi connectivity index (χ4n) is 3.59. The summed E-state index contributed by atoms with van der Waals surface area (Å²) in [5.41, 5.74) is 7.00. The molecule has 26 heavy (non-hydrogen) atoms. The molecule has 0 saturated carbocycles. The number of carbonyl (C=O) groups excluding carboxylic acids is 2. The fourth-order valence-corrected chi connectivity index (χ4v) is 4.67. The largest absolute Gasteiger partial charge is 0.365 e. The van der Waals surface area contributed by atoms with Crippen LogP contribution in [-0.2, 0) is 0 Å². The summed E-state index contributed by atoms with van der Waals surface area (Å²) in [6.45, 7) is 1.24. The maximum Gasteiger partial charge on any atom is 0.272 e. The predicted octanol–water partition coefficient (Wildman–Crippen LogP) is 2.81. The van der Waals surface area contributed by atoms with Crippen molar-refractivity contribution in [1.82, 2.24) is 14.9 Å². The first-order valence-corrected chi connectivity index (χ1v) is 9.34. The molecule has 2 N–H and O–H groups in total. The summed E-state index contributed by atoms with van der Waals surface area (Å²) in [6, 6.07) is 9.16. The molecule has 1 saturated heterocycles. The van der Waals surface area contributed by atoms with Crippen molar-refractivity contribution in [3.63, 3.8) is 0 Å². The first-order valence-electron chi connectivity index (χ1n) is 8.52. The van der Waals surface area contributed by atoms with Crippen molar-refractivity contribution in [2.75, 3.05) is 13.1 Å². The lowest BCUT2D eigenvalue weighted by Gasteiger charge is -2.33. The summed E-state index contributed by atoms with van der Waals surface area (Å²) in [7, 11) is 0. The molecule has 0 aliphatic carbocycles. The van der Waals surface area contributed by atoms with E-state index in [0.717, 1.165) is 28.6 Å². The van der Waals surface area contributed by atoms with E-state index in [-0.39, 0.29) is 11.8 Å². The van der Waals surface area contributed by atoms with Crippen molar-refractivity contribution in [1.29, 1.82) is 0 Å². The zero-order valence-electron chi connectivity index (χ0n) is 14.1. The molecule has 1 atom stereocenters. The standard InChI is InChI=1S/C19H18N4O2S/c20-17(24)16-15(13-6-3-9-22-18(13)26-16)12-5-4-10-23(11-12)19(25)14-7-1-2-8-21-14/h1-3,6-9,12H,4-5,10-11H2,(H2,20,24). The molecule has 0 aromatic carbocycles. The molecule has 2 amide bonds. The van der Waals surface area contributed by atoms with Gasteiger partial charge < -0.3 is 10.6 Å². The first-order chi connectivity index (χ1) is 12.6. The van der Waals surface area contributed by atoms with Gasteiger partial charge in [0.25, 0.3) is 11.8 Å². The molecule has 0 spiro atoms. The van der Waals surface area contributed by atoms with Crippen LogP contribution in [0, 0.1) is 0 Å². The third-order valence-electron chi connectivity index (χ3n) is 4.73. The summed E-state index contributed by atoms with van der Waals surface area (Å²) < 4.78 is 0. The van der Waals surface area contributed by atoms with Gasteiger partial charge in [0.2, 0.25) is 0 Å². The molecule has 1 unspecified atom stereocenters. The lowest BCUT2D eigenvalue weighted by molar-refractivity contribution is 0.0701. The number of pyridine rings is 2. The van der Waals surface area contributed by atoms with Crippen LogP contribution < -0.4 is 5.73 Å². The van der Waals surface area contributed by atoms with Gasteiger partial charge >= 0.3 is 0 Å². The molecule has 1 fully saturated rings. The molecule has 3 aromatic heterocycles. The molecule has 0 radical (unpaired) electrons. The van der Waals surface area contributed by atoms with Crippen LogP contribution in [0.2, 0.25) is 0 Å². The molecule has 6 nitrogen and oxygen atoms in total. The number of aromatic nitrogens is 2. The number of nitrogens with two attached hydrogens (primary N) is 1. The van der Waals surface area contributed by atoms with Gasteiger partial charge in [-0.3, -0.25) is 14.6 Å². The van der Waals surface area contributed by atoms with Gasteiger partial charge in [-0.2, -0.15) is 0 Å². The molecule has 4 rings (SSSR count). The highest BCUT2D eigenvalue weighted by molar-refractivity contribution is 7.20. The molecule has 3 aromatic rings. The van der Waals surface area contributed by atoms with E-state index in [1.54, 1.807) is 24.5 Å². The number of amides is 2. The second-order valence-electron chi connectivity index (χ2n) is 6.37. The Morgan fingerprint density at radius 1 is 1.15 bits per heavy atom. The van der Waals surface area contributed by atoms with Gasteiger partial charge in [0.15, 0.2) is 0 Å². The van der Waals surface area contributed by atoms with Gasteiger partial charge in [-0.1, -0.05) is 12.1 Å². The van der Waals surface area contributed by atoms with E-state index in [9.17, 15) is 9.59 Å². The number of thiophene rings is 1. The van der Waals surface area contributed by atoms with E-state index >= 15 is 0 Å². The van der Waals surface area contributed by atoms with Crippen LogP contribution >= 0.6 is 11.3 Å². The number of fused-ring (bicyclic) bond motifs is 1. The van der Waals surface area contributed by atoms with Crippen LogP contribution in [0.3, 0.4) is 0 Å². The fraction of sp³-hybridized carbons (Fsp3) is 0.263. The second kappa shape index (κ2) is 6.84. The number of hydrogen-bond acceptors (Lipinski definition) is 5. The minimum Gasteiger partial charge on any atom is -0.365 e. The highest BCUT2D eigenvalue weighted by atomic mass is 32.1. The first kappa shape index (κ1) is 16.7. The van der Waals surface area contributed by atoms with Gasteiger partial charge in [0.05, 0.1) is 4.88 Å². The Morgan fingerprint density at radius 2 is 2.00 bits per heavy atom. The predicted molar refractivity (Wildman–Crippen MR) is 100 cm³/mol. The van der Waals surface area contributed by atoms with Crippen LogP contribution in [0.1, 0.15) is 44.5 Å². The average Bonchev–Trinajstić information content (AvgIpc) is 3.08. The number of rotatable bonds is 3.